The molecule has 146 valence electrons. The van der Waals surface area contributed by atoms with Crippen LogP contribution >= 0.6 is 23.2 Å². The van der Waals surface area contributed by atoms with E-state index in [0.29, 0.717) is 32.6 Å². The Morgan fingerprint density at radius 2 is 1.93 bits per heavy atom. The second-order valence-corrected chi connectivity index (χ2v) is 6.99. The number of benzene rings is 2. The summed E-state index contributed by atoms with van der Waals surface area (Å²) in [4.78, 5) is 24.1. The van der Waals surface area contributed by atoms with Gasteiger partial charge in [0.05, 0.1) is 28.8 Å². The van der Waals surface area contributed by atoms with Crippen LogP contribution in [0.1, 0.15) is 24.1 Å². The molecular weight excluding hydrogens is 403 g/mol. The Hall–Kier alpha value is -2.70. The summed E-state index contributed by atoms with van der Waals surface area (Å²) in [5, 5.41) is 6.27. The summed E-state index contributed by atoms with van der Waals surface area (Å²) in [5.74, 6) is 0.0651. The molecule has 8 heteroatoms. The number of esters is 1. The molecule has 0 spiro atoms. The van der Waals surface area contributed by atoms with Gasteiger partial charge in [0, 0.05) is 5.70 Å². The number of carbonyl (C=O) groups is 2. The van der Waals surface area contributed by atoms with E-state index in [0.717, 1.165) is 5.56 Å². The highest BCUT2D eigenvalue weighted by Crippen LogP contribution is 2.30. The fourth-order valence-electron chi connectivity index (χ4n) is 2.90. The molecule has 0 aromatic heterocycles. The lowest BCUT2D eigenvalue weighted by molar-refractivity contribution is -0.136. The van der Waals surface area contributed by atoms with E-state index in [1.807, 2.05) is 6.07 Å². The van der Waals surface area contributed by atoms with Crippen molar-refractivity contribution >= 4 is 35.2 Å². The fraction of sp³-hybridized carbons (Fsp3) is 0.200. The van der Waals surface area contributed by atoms with Gasteiger partial charge in [0.1, 0.15) is 12.4 Å². The number of methoxy groups -OCH3 is 1. The maximum Gasteiger partial charge on any atom is 0.337 e. The van der Waals surface area contributed by atoms with Gasteiger partial charge in [-0.1, -0.05) is 41.4 Å². The lowest BCUT2D eigenvalue weighted by Gasteiger charge is -2.28. The van der Waals surface area contributed by atoms with Crippen LogP contribution in [0.5, 0.6) is 5.75 Å². The molecule has 6 nitrogen and oxygen atoms in total. The Morgan fingerprint density at radius 3 is 2.64 bits per heavy atom. The summed E-state index contributed by atoms with van der Waals surface area (Å²) in [6.07, 6.45) is 0. The van der Waals surface area contributed by atoms with E-state index in [-0.39, 0.29) is 6.61 Å². The van der Waals surface area contributed by atoms with Crippen LogP contribution in [-0.4, -0.2) is 19.1 Å². The zero-order valence-corrected chi connectivity index (χ0v) is 16.7. The third-order valence-electron chi connectivity index (χ3n) is 4.26. The monoisotopic (exact) mass is 420 g/mol. The van der Waals surface area contributed by atoms with Gasteiger partial charge in [-0.25, -0.2) is 9.59 Å². The van der Waals surface area contributed by atoms with Crippen LogP contribution < -0.4 is 15.4 Å². The number of hydrogen-bond donors (Lipinski definition) is 2. The maximum atomic E-state index is 12.2. The number of hydrogen-bond acceptors (Lipinski definition) is 4. The van der Waals surface area contributed by atoms with Gasteiger partial charge in [-0.05, 0) is 42.3 Å². The first-order valence-electron chi connectivity index (χ1n) is 8.42. The molecular formula is C20H18Cl2N2O4. The number of urea groups is 1. The Bertz CT molecular complexity index is 959. The van der Waals surface area contributed by atoms with Crippen molar-refractivity contribution in [3.8, 4) is 5.75 Å². The summed E-state index contributed by atoms with van der Waals surface area (Å²) >= 11 is 12.0. The highest BCUT2D eigenvalue weighted by Gasteiger charge is 2.31. The molecule has 2 N–H and O–H groups in total. The molecule has 0 bridgehead atoms. The van der Waals surface area contributed by atoms with Crippen molar-refractivity contribution < 1.29 is 19.1 Å². The fourth-order valence-corrected chi connectivity index (χ4v) is 3.23. The molecule has 2 amide bonds. The van der Waals surface area contributed by atoms with Gasteiger partial charge in [0.15, 0.2) is 0 Å². The maximum absolute atomic E-state index is 12.2. The molecule has 0 radical (unpaired) electrons. The number of rotatable bonds is 5. The minimum absolute atomic E-state index is 0.289. The smallest absolute Gasteiger partial charge is 0.337 e. The van der Waals surface area contributed by atoms with Crippen LogP contribution in [0.4, 0.5) is 4.79 Å². The molecule has 28 heavy (non-hydrogen) atoms. The Kier molecular flexibility index (Phi) is 6.11. The zero-order valence-electron chi connectivity index (χ0n) is 15.2. The van der Waals surface area contributed by atoms with E-state index >= 15 is 0 Å². The highest BCUT2D eigenvalue weighted by molar-refractivity contribution is 6.42. The molecule has 2 aromatic carbocycles. The van der Waals surface area contributed by atoms with Crippen molar-refractivity contribution in [2.75, 3.05) is 7.11 Å². The lowest BCUT2D eigenvalue weighted by Crippen LogP contribution is -2.45. The van der Waals surface area contributed by atoms with Crippen molar-refractivity contribution in [3.63, 3.8) is 0 Å². The molecule has 2 aromatic rings. The molecule has 1 aliphatic heterocycles. The van der Waals surface area contributed by atoms with Gasteiger partial charge in [0.2, 0.25) is 0 Å². The van der Waals surface area contributed by atoms with Crippen LogP contribution in [-0.2, 0) is 16.1 Å². The normalized spacial score (nSPS) is 16.3. The highest BCUT2D eigenvalue weighted by atomic mass is 35.5. The number of halogens is 2. The molecule has 1 unspecified atom stereocenters. The number of nitrogens with one attached hydrogen (secondary N) is 2. The Labute approximate surface area is 172 Å². The molecule has 0 aliphatic carbocycles. The second-order valence-electron chi connectivity index (χ2n) is 6.17. The van der Waals surface area contributed by atoms with Crippen molar-refractivity contribution in [3.05, 3.63) is 74.9 Å². The first kappa shape index (κ1) is 20.0. The predicted octanol–water partition coefficient (Wildman–Crippen LogP) is 4.37. The third-order valence-corrected chi connectivity index (χ3v) is 4.99. The van der Waals surface area contributed by atoms with Gasteiger partial charge in [0.25, 0.3) is 0 Å². The van der Waals surface area contributed by atoms with E-state index in [2.05, 4.69) is 10.6 Å². The van der Waals surface area contributed by atoms with Gasteiger partial charge in [-0.2, -0.15) is 0 Å². The van der Waals surface area contributed by atoms with E-state index in [4.69, 9.17) is 32.7 Å². The predicted molar refractivity (Wildman–Crippen MR) is 106 cm³/mol. The van der Waals surface area contributed by atoms with Gasteiger partial charge < -0.3 is 20.1 Å². The second kappa shape index (κ2) is 8.54. The summed E-state index contributed by atoms with van der Waals surface area (Å²) in [7, 11) is 1.30. The molecule has 1 aliphatic rings. The summed E-state index contributed by atoms with van der Waals surface area (Å²) in [5.41, 5.74) is 2.34. The molecule has 0 fully saturated rings. The summed E-state index contributed by atoms with van der Waals surface area (Å²) in [6, 6.07) is 11.4. The zero-order chi connectivity index (χ0) is 20.3. The minimum Gasteiger partial charge on any atom is -0.489 e. The van der Waals surface area contributed by atoms with Crippen molar-refractivity contribution in [2.24, 2.45) is 0 Å². The first-order valence-corrected chi connectivity index (χ1v) is 9.18. The van der Waals surface area contributed by atoms with E-state index in [1.54, 1.807) is 43.3 Å². The quantitative estimate of drug-likeness (QED) is 0.703. The van der Waals surface area contributed by atoms with Crippen LogP contribution in [0.2, 0.25) is 10.0 Å². The minimum atomic E-state index is -0.644. The van der Waals surface area contributed by atoms with Crippen LogP contribution in [0, 0.1) is 0 Å². The molecule has 0 saturated heterocycles. The van der Waals surface area contributed by atoms with Crippen molar-refractivity contribution in [1.29, 1.82) is 0 Å². The topological polar surface area (TPSA) is 76.7 Å². The van der Waals surface area contributed by atoms with Crippen molar-refractivity contribution in [2.45, 2.75) is 19.6 Å². The number of carbonyl (C=O) groups excluding carboxylic acids is 2. The van der Waals surface area contributed by atoms with Gasteiger partial charge >= 0.3 is 12.0 Å². The van der Waals surface area contributed by atoms with E-state index in [1.165, 1.54) is 7.11 Å². The Balaban J connectivity index is 1.83. The summed E-state index contributed by atoms with van der Waals surface area (Å²) in [6.45, 7) is 1.94. The van der Waals surface area contributed by atoms with E-state index < -0.39 is 18.0 Å². The van der Waals surface area contributed by atoms with Gasteiger partial charge in [-0.3, -0.25) is 0 Å². The molecule has 0 saturated carbocycles. The average Bonchev–Trinajstić information content (AvgIpc) is 2.68. The largest absolute Gasteiger partial charge is 0.489 e. The number of amides is 2. The standard InChI is InChI=1S/C20H18Cl2N2O4/c1-11-17(19(25)27-2)18(24-20(26)23-11)13-4-3-5-14(9-13)28-10-12-6-7-15(21)16(22)8-12/h3-9,18H,10H2,1-2H3,(H2,23,24,26). The lowest BCUT2D eigenvalue weighted by atomic mass is 9.95. The molecule has 1 heterocycles. The Morgan fingerprint density at radius 1 is 1.14 bits per heavy atom. The average molecular weight is 421 g/mol. The van der Waals surface area contributed by atoms with Crippen LogP contribution in [0.3, 0.4) is 0 Å². The summed E-state index contributed by atoms with van der Waals surface area (Å²) < 4.78 is 10.7. The molecule has 1 atom stereocenters. The van der Waals surface area contributed by atoms with E-state index in [9.17, 15) is 9.59 Å². The first-order chi connectivity index (χ1) is 13.4. The number of ether oxygens (including phenoxy) is 2. The van der Waals surface area contributed by atoms with Crippen molar-refractivity contribution in [1.82, 2.24) is 10.6 Å². The SMILES string of the molecule is COC(=O)C1=C(C)NC(=O)NC1c1cccc(OCc2ccc(Cl)c(Cl)c2)c1. The molecule has 3 rings (SSSR count). The van der Waals surface area contributed by atoms with Gasteiger partial charge in [-0.15, -0.1) is 0 Å². The number of allylic oxidation sites excluding steroid dienone is 1. The third kappa shape index (κ3) is 4.40. The van der Waals surface area contributed by atoms with Crippen LogP contribution in [0.15, 0.2) is 53.7 Å². The van der Waals surface area contributed by atoms with Crippen LogP contribution in [0.25, 0.3) is 0 Å².